The average molecular weight is 383 g/mol. The van der Waals surface area contributed by atoms with Crippen molar-refractivity contribution in [3.8, 4) is 0 Å². The summed E-state index contributed by atoms with van der Waals surface area (Å²) in [6.07, 6.45) is 21.5. The lowest BCUT2D eigenvalue weighted by molar-refractivity contribution is -0.122. The van der Waals surface area contributed by atoms with Gasteiger partial charge in [-0.1, -0.05) is 104 Å². The van der Waals surface area contributed by atoms with Gasteiger partial charge in [-0.25, -0.2) is 0 Å². The summed E-state index contributed by atoms with van der Waals surface area (Å²) < 4.78 is 0. The maximum absolute atomic E-state index is 12.0. The minimum atomic E-state index is 0.201. The molecular weight excluding hydrogens is 332 g/mol. The van der Waals surface area contributed by atoms with Crippen molar-refractivity contribution in [2.75, 3.05) is 26.2 Å². The van der Waals surface area contributed by atoms with Crippen molar-refractivity contribution in [3.63, 3.8) is 0 Å². The number of unbranched alkanes of at least 4 members (excludes halogenated alkanes) is 13. The van der Waals surface area contributed by atoms with Crippen LogP contribution in [0.25, 0.3) is 0 Å². The monoisotopic (exact) mass is 382 g/mol. The molecule has 162 valence electrons. The van der Waals surface area contributed by atoms with Crippen LogP contribution >= 0.6 is 0 Å². The van der Waals surface area contributed by atoms with Gasteiger partial charge < -0.3 is 5.32 Å². The van der Waals surface area contributed by atoms with Crippen molar-refractivity contribution in [2.24, 2.45) is 0 Å². The maximum atomic E-state index is 12.0. The second-order valence-corrected chi connectivity index (χ2v) is 8.22. The number of nitrogens with zero attached hydrogens (tertiary/aromatic N) is 1. The Hall–Kier alpha value is -0.570. The highest BCUT2D eigenvalue weighted by Gasteiger charge is 2.08. The van der Waals surface area contributed by atoms with Gasteiger partial charge >= 0.3 is 0 Å². The Morgan fingerprint density at radius 1 is 0.593 bits per heavy atom. The summed E-state index contributed by atoms with van der Waals surface area (Å²) >= 11 is 0. The Balaban J connectivity index is 3.29. The van der Waals surface area contributed by atoms with Crippen LogP contribution in [0.15, 0.2) is 0 Å². The van der Waals surface area contributed by atoms with E-state index in [2.05, 4.69) is 31.0 Å². The van der Waals surface area contributed by atoms with E-state index >= 15 is 0 Å². The molecule has 0 aromatic carbocycles. The molecule has 0 atom stereocenters. The van der Waals surface area contributed by atoms with Crippen molar-refractivity contribution in [3.05, 3.63) is 0 Å². The zero-order valence-electron chi connectivity index (χ0n) is 19.0. The lowest BCUT2D eigenvalue weighted by Gasteiger charge is -2.20. The highest BCUT2D eigenvalue weighted by molar-refractivity contribution is 5.77. The van der Waals surface area contributed by atoms with Crippen molar-refractivity contribution in [2.45, 2.75) is 124 Å². The molecular formula is C24H50N2O. The van der Waals surface area contributed by atoms with Crippen LogP contribution < -0.4 is 5.32 Å². The molecule has 0 radical (unpaired) electrons. The smallest absolute Gasteiger partial charge is 0.234 e. The lowest BCUT2D eigenvalue weighted by atomic mass is 10.0. The van der Waals surface area contributed by atoms with E-state index in [-0.39, 0.29) is 5.91 Å². The molecule has 3 nitrogen and oxygen atoms in total. The SMILES string of the molecule is CCCCCCCCCCCCCCCCNC(=O)CN(CCC)CCC. The molecule has 0 aliphatic rings. The van der Waals surface area contributed by atoms with E-state index in [1.54, 1.807) is 0 Å². The van der Waals surface area contributed by atoms with Crippen molar-refractivity contribution >= 4 is 5.91 Å². The number of nitrogens with one attached hydrogen (secondary N) is 1. The molecule has 0 aromatic heterocycles. The lowest BCUT2D eigenvalue weighted by Crippen LogP contribution is -2.38. The van der Waals surface area contributed by atoms with Crippen molar-refractivity contribution in [1.82, 2.24) is 10.2 Å². The van der Waals surface area contributed by atoms with Gasteiger partial charge in [0.05, 0.1) is 6.54 Å². The molecule has 1 N–H and O–H groups in total. The molecule has 0 bridgehead atoms. The largest absolute Gasteiger partial charge is 0.355 e. The second-order valence-electron chi connectivity index (χ2n) is 8.22. The Morgan fingerprint density at radius 3 is 1.41 bits per heavy atom. The fraction of sp³-hybridized carbons (Fsp3) is 0.958. The van der Waals surface area contributed by atoms with Crippen LogP contribution in [0.3, 0.4) is 0 Å². The van der Waals surface area contributed by atoms with E-state index in [9.17, 15) is 4.79 Å². The van der Waals surface area contributed by atoms with Gasteiger partial charge in [0.1, 0.15) is 0 Å². The molecule has 0 unspecified atom stereocenters. The van der Waals surface area contributed by atoms with E-state index in [4.69, 9.17) is 0 Å². The van der Waals surface area contributed by atoms with Gasteiger partial charge in [-0.3, -0.25) is 9.69 Å². The van der Waals surface area contributed by atoms with Gasteiger partial charge in [0.15, 0.2) is 0 Å². The van der Waals surface area contributed by atoms with Crippen molar-refractivity contribution in [1.29, 1.82) is 0 Å². The number of rotatable bonds is 21. The summed E-state index contributed by atoms with van der Waals surface area (Å²) in [6.45, 7) is 10.1. The van der Waals surface area contributed by atoms with Crippen LogP contribution in [0, 0.1) is 0 Å². The van der Waals surface area contributed by atoms with E-state index in [1.165, 1.54) is 83.5 Å². The topological polar surface area (TPSA) is 32.3 Å². The third-order valence-corrected chi connectivity index (χ3v) is 5.30. The standard InChI is InChI=1S/C24H50N2O/c1-4-7-8-9-10-11-12-13-14-15-16-17-18-19-20-25-24(27)23-26(21-5-2)22-6-3/h4-23H2,1-3H3,(H,25,27). The second kappa shape index (κ2) is 21.7. The fourth-order valence-corrected chi connectivity index (χ4v) is 3.71. The number of hydrogen-bond donors (Lipinski definition) is 1. The maximum Gasteiger partial charge on any atom is 0.234 e. The van der Waals surface area contributed by atoms with Gasteiger partial charge in [-0.2, -0.15) is 0 Å². The number of hydrogen-bond acceptors (Lipinski definition) is 2. The predicted molar refractivity (Wildman–Crippen MR) is 120 cm³/mol. The molecule has 0 aromatic rings. The fourth-order valence-electron chi connectivity index (χ4n) is 3.71. The van der Waals surface area contributed by atoms with Gasteiger partial charge in [0, 0.05) is 6.54 Å². The first-order valence-electron chi connectivity index (χ1n) is 12.2. The average Bonchev–Trinajstić information content (AvgIpc) is 2.65. The molecule has 0 saturated heterocycles. The third-order valence-electron chi connectivity index (χ3n) is 5.30. The molecule has 3 heteroatoms. The molecule has 0 spiro atoms. The Bertz CT molecular complexity index is 301. The quantitative estimate of drug-likeness (QED) is 0.224. The molecule has 0 rings (SSSR count). The van der Waals surface area contributed by atoms with Crippen LogP contribution in [0.5, 0.6) is 0 Å². The molecule has 1 amide bonds. The Labute approximate surface area is 171 Å². The van der Waals surface area contributed by atoms with Gasteiger partial charge in [0.25, 0.3) is 0 Å². The van der Waals surface area contributed by atoms with Gasteiger partial charge in [-0.05, 0) is 32.4 Å². The van der Waals surface area contributed by atoms with Crippen LogP contribution in [0.2, 0.25) is 0 Å². The number of carbonyl (C=O) groups is 1. The first-order valence-corrected chi connectivity index (χ1v) is 12.2. The minimum Gasteiger partial charge on any atom is -0.355 e. The summed E-state index contributed by atoms with van der Waals surface area (Å²) in [5.74, 6) is 0.201. The molecule has 0 aliphatic heterocycles. The minimum absolute atomic E-state index is 0.201. The Kier molecular flexibility index (Phi) is 21.3. The summed E-state index contributed by atoms with van der Waals surface area (Å²) in [4.78, 5) is 14.2. The third kappa shape index (κ3) is 20.0. The van der Waals surface area contributed by atoms with E-state index in [1.807, 2.05) is 0 Å². The summed E-state index contributed by atoms with van der Waals surface area (Å²) in [7, 11) is 0. The summed E-state index contributed by atoms with van der Waals surface area (Å²) in [5, 5.41) is 3.09. The Morgan fingerprint density at radius 2 is 1.00 bits per heavy atom. The number of carbonyl (C=O) groups excluding carboxylic acids is 1. The number of amides is 1. The van der Waals surface area contributed by atoms with Gasteiger partial charge in [0.2, 0.25) is 5.91 Å². The normalized spacial score (nSPS) is 11.3. The molecule has 0 saturated carbocycles. The van der Waals surface area contributed by atoms with Crippen LogP contribution in [0.4, 0.5) is 0 Å². The van der Waals surface area contributed by atoms with E-state index in [0.717, 1.165) is 38.9 Å². The van der Waals surface area contributed by atoms with Gasteiger partial charge in [-0.15, -0.1) is 0 Å². The molecule has 0 aliphatic carbocycles. The van der Waals surface area contributed by atoms with Crippen molar-refractivity contribution < 1.29 is 4.79 Å². The zero-order valence-corrected chi connectivity index (χ0v) is 19.0. The van der Waals surface area contributed by atoms with E-state index < -0.39 is 0 Å². The molecule has 0 heterocycles. The highest BCUT2D eigenvalue weighted by atomic mass is 16.2. The van der Waals surface area contributed by atoms with Crippen LogP contribution in [0.1, 0.15) is 124 Å². The summed E-state index contributed by atoms with van der Waals surface area (Å²) in [5.41, 5.74) is 0. The van der Waals surface area contributed by atoms with Crippen LogP contribution in [-0.4, -0.2) is 37.0 Å². The predicted octanol–water partition coefficient (Wildman–Crippen LogP) is 6.71. The zero-order chi connectivity index (χ0) is 20.0. The first-order chi connectivity index (χ1) is 13.2. The highest BCUT2D eigenvalue weighted by Crippen LogP contribution is 2.12. The van der Waals surface area contributed by atoms with E-state index in [0.29, 0.717) is 6.54 Å². The molecule has 27 heavy (non-hydrogen) atoms. The van der Waals surface area contributed by atoms with Crippen LogP contribution in [-0.2, 0) is 4.79 Å². The summed E-state index contributed by atoms with van der Waals surface area (Å²) in [6, 6.07) is 0. The molecule has 0 fully saturated rings. The first kappa shape index (κ1) is 26.4.